The number of fused-ring (bicyclic) bond motifs is 5. The number of aromatic nitrogens is 1. The second-order valence-electron chi connectivity index (χ2n) is 25.1. The molecule has 4 aliphatic carbocycles. The number of nitrogens with one attached hydrogen (secondary N) is 1. The number of primary amides is 1. The lowest BCUT2D eigenvalue weighted by atomic mass is 9.45. The Morgan fingerprint density at radius 3 is 1.96 bits per heavy atom. The van der Waals surface area contributed by atoms with Gasteiger partial charge in [0.05, 0.1) is 46.4 Å². The Morgan fingerprint density at radius 1 is 0.815 bits per heavy atom. The van der Waals surface area contributed by atoms with Gasteiger partial charge in [-0.3, -0.25) is 19.5 Å². The quantitative estimate of drug-likeness (QED) is 0.0440. The fraction of sp³-hybridized carbons (Fsp3) is 0.585. The second-order valence-corrected chi connectivity index (χ2v) is 25.1. The number of rotatable bonds is 19. The minimum Gasteiger partial charge on any atom is -0.486 e. The van der Waals surface area contributed by atoms with Gasteiger partial charge in [0, 0.05) is 42.6 Å². The van der Waals surface area contributed by atoms with Crippen LogP contribution in [0.5, 0.6) is 5.75 Å². The number of carbonyl (C=O) groups is 2. The summed E-state index contributed by atoms with van der Waals surface area (Å²) in [5.74, 6) is -0.875. The minimum atomic E-state index is -4.33. The maximum Gasteiger partial charge on any atom is 0.416 e. The van der Waals surface area contributed by atoms with Crippen LogP contribution in [0.2, 0.25) is 0 Å². The van der Waals surface area contributed by atoms with Crippen LogP contribution in [-0.4, -0.2) is 120 Å². The molecule has 4 aromatic rings. The first-order chi connectivity index (χ1) is 37.9. The van der Waals surface area contributed by atoms with Crippen molar-refractivity contribution >= 4 is 11.7 Å². The standard InChI is InChI=1S/C27H44O7.C21H29N3O.C17H18F3NO/c1-23(2,32)9-8-22(31)26(5,33)21-7-11-27(34)16-12-18(28)17-13-19(29)20(30)14-24(17,3)15(16)6-10-25(21,27)4;1-16(2)24(17(3)4)15-13-21(20(22)25,18-10-6-5-7-11-18)19-12-8-9-14-23-19;1-21-12-11-16(13-5-3-2-4-6-13)22-15-9-7-14(8-10-15)17(18,19)20/h12,15,17,19-22,29-34H,6-11,13-14H2,1-5H3;5-12,14,16-17H,13,15H2,1-4H3,(H2,22,25);2-10,16,21H,11-12H2,1H3/t15-,17-,19+,20-,21-,22+,24+,25+,26+,27+;;/m0../s1. The molecule has 3 aromatic carbocycles. The molecule has 4 aliphatic rings. The summed E-state index contributed by atoms with van der Waals surface area (Å²) in [6, 6.07) is 30.6. The van der Waals surface area contributed by atoms with Crippen molar-refractivity contribution in [3.63, 3.8) is 0 Å². The number of halogens is 3. The number of alkyl halides is 3. The van der Waals surface area contributed by atoms with Gasteiger partial charge in [-0.05, 0) is 196 Å². The number of nitrogens with zero attached hydrogens (tertiary/aromatic N) is 2. The fourth-order valence-electron chi connectivity index (χ4n) is 14.0. The van der Waals surface area contributed by atoms with Crippen LogP contribution < -0.4 is 15.8 Å². The van der Waals surface area contributed by atoms with E-state index in [1.165, 1.54) is 12.1 Å². The van der Waals surface area contributed by atoms with Gasteiger partial charge in [-0.2, -0.15) is 13.2 Å². The summed E-state index contributed by atoms with van der Waals surface area (Å²) in [5.41, 5.74) is 2.71. The number of aliphatic hydroxyl groups excluding tert-OH is 3. The maximum atomic E-state index is 13.2. The van der Waals surface area contributed by atoms with E-state index in [1.54, 1.807) is 33.0 Å². The number of hydrogen-bond acceptors (Lipinski definition) is 12. The molecule has 16 heteroatoms. The van der Waals surface area contributed by atoms with Crippen molar-refractivity contribution in [2.75, 3.05) is 20.1 Å². The van der Waals surface area contributed by atoms with Crippen molar-refractivity contribution < 1.29 is 58.1 Å². The van der Waals surface area contributed by atoms with Crippen molar-refractivity contribution in [1.29, 1.82) is 0 Å². The Labute approximate surface area is 478 Å². The predicted molar refractivity (Wildman–Crippen MR) is 309 cm³/mol. The molecule has 81 heavy (non-hydrogen) atoms. The lowest BCUT2D eigenvalue weighted by Gasteiger charge is -2.60. The molecule has 3 fully saturated rings. The number of pyridine rings is 1. The summed E-state index contributed by atoms with van der Waals surface area (Å²) in [6.07, 6.45) is 0.620. The highest BCUT2D eigenvalue weighted by Gasteiger charge is 2.69. The SMILES string of the molecule is CC(C)(O)CC[C@@H](O)[C@](C)(O)[C@H]1CC[C@@]2(O)C3=CC(=O)[C@@H]4C[C@@H](O)[C@@H](O)C[C@]4(C)[C@H]3CC[C@]12C.CC(C)N(CCC(C(N)=O)(c1ccccc1)c1ccccn1)C(C)C.CNCCC(Oc1ccc(C(F)(F)F)cc1)c1ccccc1. The van der Waals surface area contributed by atoms with Crippen LogP contribution >= 0.6 is 0 Å². The first-order valence-corrected chi connectivity index (χ1v) is 28.9. The van der Waals surface area contributed by atoms with Crippen LogP contribution in [0.4, 0.5) is 13.2 Å². The normalized spacial score (nSPS) is 27.7. The number of carbonyl (C=O) groups excluding carboxylic acids is 2. The van der Waals surface area contributed by atoms with E-state index in [4.69, 9.17) is 10.5 Å². The lowest BCUT2D eigenvalue weighted by molar-refractivity contribution is -0.177. The van der Waals surface area contributed by atoms with Crippen molar-refractivity contribution in [3.8, 4) is 5.75 Å². The molecule has 1 amide bonds. The maximum absolute atomic E-state index is 13.2. The van der Waals surface area contributed by atoms with E-state index in [2.05, 4.69) is 42.9 Å². The minimum absolute atomic E-state index is 0.0840. The Kier molecular flexibility index (Phi) is 21.1. The Morgan fingerprint density at radius 2 is 1.42 bits per heavy atom. The topological polar surface area (TPSA) is 219 Å². The number of allylic oxidation sites excluding steroid dienone is 1. The number of aliphatic hydroxyl groups is 6. The molecule has 1 heterocycles. The van der Waals surface area contributed by atoms with Crippen LogP contribution in [0.3, 0.4) is 0 Å². The summed E-state index contributed by atoms with van der Waals surface area (Å²) < 4.78 is 43.6. The summed E-state index contributed by atoms with van der Waals surface area (Å²) in [5, 5.41) is 68.5. The highest BCUT2D eigenvalue weighted by Crippen LogP contribution is 2.68. The van der Waals surface area contributed by atoms with Gasteiger partial charge in [-0.25, -0.2) is 0 Å². The third kappa shape index (κ3) is 14.3. The monoisotopic (exact) mass is 1130 g/mol. The fourth-order valence-corrected chi connectivity index (χ4v) is 14.0. The Balaban J connectivity index is 0.000000202. The third-order valence-corrected chi connectivity index (χ3v) is 18.7. The van der Waals surface area contributed by atoms with Gasteiger partial charge < -0.3 is 46.4 Å². The molecule has 1 aromatic heterocycles. The van der Waals surface area contributed by atoms with Crippen molar-refractivity contribution in [2.45, 2.75) is 191 Å². The molecule has 0 aliphatic heterocycles. The van der Waals surface area contributed by atoms with E-state index in [9.17, 15) is 53.4 Å². The smallest absolute Gasteiger partial charge is 0.416 e. The van der Waals surface area contributed by atoms with Crippen molar-refractivity contribution in [2.24, 2.45) is 34.3 Å². The van der Waals surface area contributed by atoms with E-state index in [0.29, 0.717) is 74.0 Å². The number of benzene rings is 3. The van der Waals surface area contributed by atoms with Gasteiger partial charge in [0.1, 0.15) is 17.3 Å². The summed E-state index contributed by atoms with van der Waals surface area (Å²) in [4.78, 5) is 32.9. The highest BCUT2D eigenvalue weighted by atomic mass is 19.4. The van der Waals surface area contributed by atoms with Gasteiger partial charge in [0.25, 0.3) is 0 Å². The first-order valence-electron chi connectivity index (χ1n) is 28.9. The van der Waals surface area contributed by atoms with Crippen LogP contribution in [0, 0.1) is 28.6 Å². The average Bonchev–Trinajstić information content (AvgIpc) is 3.70. The zero-order valence-corrected chi connectivity index (χ0v) is 49.2. The van der Waals surface area contributed by atoms with E-state index in [0.717, 1.165) is 42.8 Å². The predicted octanol–water partition coefficient (Wildman–Crippen LogP) is 9.65. The van der Waals surface area contributed by atoms with Gasteiger partial charge in [0.15, 0.2) is 5.78 Å². The molecule has 8 rings (SSSR count). The van der Waals surface area contributed by atoms with Gasteiger partial charge in [-0.1, -0.05) is 80.6 Å². The van der Waals surface area contributed by atoms with E-state index in [-0.39, 0.29) is 48.4 Å². The molecular weight excluding hydrogens is 1040 g/mol. The number of nitrogens with two attached hydrogens (primary N) is 1. The van der Waals surface area contributed by atoms with Crippen LogP contribution in [0.1, 0.15) is 155 Å². The lowest BCUT2D eigenvalue weighted by Crippen LogP contribution is -2.62. The van der Waals surface area contributed by atoms with E-state index in [1.807, 2.05) is 99.8 Å². The zero-order valence-electron chi connectivity index (χ0n) is 49.2. The number of hydrogen-bond donors (Lipinski definition) is 8. The van der Waals surface area contributed by atoms with Crippen molar-refractivity contribution in [1.82, 2.24) is 15.2 Å². The molecule has 0 spiro atoms. The number of ketones is 1. The van der Waals surface area contributed by atoms with E-state index >= 15 is 0 Å². The van der Waals surface area contributed by atoms with Crippen LogP contribution in [0.15, 0.2) is 121 Å². The zero-order chi connectivity index (χ0) is 59.9. The van der Waals surface area contributed by atoms with Crippen LogP contribution in [0.25, 0.3) is 0 Å². The Bertz CT molecular complexity index is 2640. The molecule has 0 radical (unpaired) electrons. The summed E-state index contributed by atoms with van der Waals surface area (Å²) in [7, 11) is 1.85. The average molecular weight is 1130 g/mol. The molecule has 2 unspecified atom stereocenters. The van der Waals surface area contributed by atoms with E-state index < -0.39 is 63.1 Å². The molecule has 0 saturated heterocycles. The van der Waals surface area contributed by atoms with Crippen LogP contribution in [-0.2, 0) is 21.2 Å². The highest BCUT2D eigenvalue weighted by molar-refractivity contribution is 5.95. The molecule has 0 bridgehead atoms. The number of ether oxygens (including phenoxy) is 1. The third-order valence-electron chi connectivity index (χ3n) is 18.7. The first kappa shape index (κ1) is 65.1. The van der Waals surface area contributed by atoms with Crippen molar-refractivity contribution in [3.05, 3.63) is 143 Å². The van der Waals surface area contributed by atoms with Gasteiger partial charge >= 0.3 is 6.18 Å². The van der Waals surface area contributed by atoms with Gasteiger partial charge in [0.2, 0.25) is 5.91 Å². The Hall–Kier alpha value is -5.04. The summed E-state index contributed by atoms with van der Waals surface area (Å²) >= 11 is 0. The molecule has 12 atom stereocenters. The second kappa shape index (κ2) is 26.3. The summed E-state index contributed by atoms with van der Waals surface area (Å²) in [6.45, 7) is 19.2. The van der Waals surface area contributed by atoms with Gasteiger partial charge in [-0.15, -0.1) is 0 Å². The number of amides is 1. The molecule has 446 valence electrons. The molecular formula is C65H91F3N4O9. The molecule has 3 saturated carbocycles. The largest absolute Gasteiger partial charge is 0.486 e. The molecule has 13 nitrogen and oxygen atoms in total. The molecule has 9 N–H and O–H groups in total.